The number of rotatable bonds is 4. The molecule has 3 N–H and O–H groups in total. The van der Waals surface area contributed by atoms with Crippen molar-refractivity contribution in [2.24, 2.45) is 0 Å². The maximum Gasteiger partial charge on any atom is 0.307 e. The van der Waals surface area contributed by atoms with Gasteiger partial charge in [-0.05, 0) is 35.9 Å². The summed E-state index contributed by atoms with van der Waals surface area (Å²) in [5.74, 6) is -0.984. The average Bonchev–Trinajstić information content (AvgIpc) is 2.83. The summed E-state index contributed by atoms with van der Waals surface area (Å²) in [6, 6.07) is 9.71. The number of hydrogen-bond acceptors (Lipinski definition) is 5. The Morgan fingerprint density at radius 3 is 2.86 bits per heavy atom. The number of halogens is 1. The first-order valence-corrected chi connectivity index (χ1v) is 6.76. The van der Waals surface area contributed by atoms with Gasteiger partial charge in [-0.3, -0.25) is 4.79 Å². The number of nitrogens with zero attached hydrogens (tertiary/aromatic N) is 1. The number of oxazole rings is 1. The Kier molecular flexibility index (Phi) is 3.60. The highest BCUT2D eigenvalue weighted by atomic mass is 35.5. The van der Waals surface area contributed by atoms with Gasteiger partial charge >= 0.3 is 5.97 Å². The van der Waals surface area contributed by atoms with Gasteiger partial charge in [-0.25, -0.2) is 0 Å². The number of carboxylic acid groups (broad SMARTS) is 1. The van der Waals surface area contributed by atoms with Crippen LogP contribution in [0.2, 0.25) is 5.02 Å². The quantitative estimate of drug-likeness (QED) is 0.637. The van der Waals surface area contributed by atoms with Crippen LogP contribution in [0.15, 0.2) is 40.8 Å². The fourth-order valence-corrected chi connectivity index (χ4v) is 2.20. The molecule has 3 aromatic rings. The van der Waals surface area contributed by atoms with Crippen molar-refractivity contribution in [3.8, 4) is 5.75 Å². The predicted octanol–water partition coefficient (Wildman–Crippen LogP) is 3.56. The first-order valence-electron chi connectivity index (χ1n) is 6.38. The number of phenolic OH excluding ortho intramolecular Hbond substituents is 1. The van der Waals surface area contributed by atoms with Crippen molar-refractivity contribution in [1.82, 2.24) is 4.98 Å². The van der Waals surface area contributed by atoms with Gasteiger partial charge in [0.05, 0.1) is 12.1 Å². The van der Waals surface area contributed by atoms with Crippen LogP contribution in [-0.2, 0) is 11.2 Å². The molecule has 0 aliphatic carbocycles. The first-order chi connectivity index (χ1) is 10.5. The Morgan fingerprint density at radius 1 is 1.27 bits per heavy atom. The van der Waals surface area contributed by atoms with Crippen molar-refractivity contribution in [2.45, 2.75) is 6.42 Å². The van der Waals surface area contributed by atoms with E-state index in [2.05, 4.69) is 10.3 Å². The van der Waals surface area contributed by atoms with E-state index in [1.165, 1.54) is 12.1 Å². The number of anilines is 2. The van der Waals surface area contributed by atoms with E-state index < -0.39 is 5.97 Å². The molecular weight excluding hydrogens is 308 g/mol. The highest BCUT2D eigenvalue weighted by molar-refractivity contribution is 6.31. The van der Waals surface area contributed by atoms with Gasteiger partial charge in [0.15, 0.2) is 5.58 Å². The molecule has 2 aromatic carbocycles. The molecule has 1 aromatic heterocycles. The van der Waals surface area contributed by atoms with Crippen LogP contribution in [-0.4, -0.2) is 21.2 Å². The topological polar surface area (TPSA) is 95.6 Å². The minimum absolute atomic E-state index is 0.0329. The molecule has 0 saturated heterocycles. The second-order valence-electron chi connectivity index (χ2n) is 4.68. The number of phenols is 1. The van der Waals surface area contributed by atoms with E-state index in [0.717, 1.165) is 0 Å². The van der Waals surface area contributed by atoms with Gasteiger partial charge in [0, 0.05) is 5.02 Å². The second kappa shape index (κ2) is 5.57. The third kappa shape index (κ3) is 2.96. The maximum atomic E-state index is 10.7. The Balaban J connectivity index is 1.91. The van der Waals surface area contributed by atoms with Gasteiger partial charge in [-0.1, -0.05) is 17.7 Å². The molecule has 3 rings (SSSR count). The second-order valence-corrected chi connectivity index (χ2v) is 5.11. The van der Waals surface area contributed by atoms with Crippen LogP contribution >= 0.6 is 11.6 Å². The van der Waals surface area contributed by atoms with E-state index >= 15 is 0 Å². The smallest absolute Gasteiger partial charge is 0.307 e. The SMILES string of the molecule is O=C(O)Cc1ccc(O)c(Nc2nc3cc(Cl)ccc3o2)c1. The lowest BCUT2D eigenvalue weighted by Gasteiger charge is -2.06. The number of carboxylic acids is 1. The molecular formula is C15H11ClN2O4. The zero-order valence-corrected chi connectivity index (χ0v) is 12.0. The average molecular weight is 319 g/mol. The fraction of sp³-hybridized carbons (Fsp3) is 0.0667. The molecule has 0 bridgehead atoms. The third-order valence-electron chi connectivity index (χ3n) is 3.01. The summed E-state index contributed by atoms with van der Waals surface area (Å²) in [4.78, 5) is 15.0. The van der Waals surface area contributed by atoms with Crippen molar-refractivity contribution in [2.75, 3.05) is 5.32 Å². The summed E-state index contributed by atoms with van der Waals surface area (Å²) in [5, 5.41) is 22.0. The van der Waals surface area contributed by atoms with Crippen LogP contribution in [0.25, 0.3) is 11.1 Å². The third-order valence-corrected chi connectivity index (χ3v) is 3.24. The molecule has 0 radical (unpaired) electrons. The summed E-state index contributed by atoms with van der Waals surface area (Å²) in [7, 11) is 0. The molecule has 22 heavy (non-hydrogen) atoms. The van der Waals surface area contributed by atoms with E-state index in [9.17, 15) is 9.90 Å². The van der Waals surface area contributed by atoms with Crippen molar-refractivity contribution < 1.29 is 19.4 Å². The van der Waals surface area contributed by atoms with E-state index in [-0.39, 0.29) is 18.2 Å². The Bertz CT molecular complexity index is 860. The van der Waals surface area contributed by atoms with Crippen LogP contribution in [0, 0.1) is 0 Å². The Hall–Kier alpha value is -2.73. The van der Waals surface area contributed by atoms with Crippen LogP contribution in [0.5, 0.6) is 5.75 Å². The lowest BCUT2D eigenvalue weighted by Crippen LogP contribution is -2.00. The molecule has 7 heteroatoms. The normalized spacial score (nSPS) is 10.8. The first kappa shape index (κ1) is 14.2. The summed E-state index contributed by atoms with van der Waals surface area (Å²) in [5.41, 5.74) is 1.99. The lowest BCUT2D eigenvalue weighted by molar-refractivity contribution is -0.136. The zero-order chi connectivity index (χ0) is 15.7. The molecule has 112 valence electrons. The zero-order valence-electron chi connectivity index (χ0n) is 11.2. The fourth-order valence-electron chi connectivity index (χ4n) is 2.04. The van der Waals surface area contributed by atoms with Crippen LogP contribution in [0.1, 0.15) is 5.56 Å². The molecule has 0 atom stereocenters. The van der Waals surface area contributed by atoms with E-state index in [1.54, 1.807) is 24.3 Å². The van der Waals surface area contributed by atoms with E-state index in [4.69, 9.17) is 21.1 Å². The summed E-state index contributed by atoms with van der Waals surface area (Å²) >= 11 is 5.88. The predicted molar refractivity (Wildman–Crippen MR) is 81.7 cm³/mol. The van der Waals surface area contributed by atoms with Gasteiger partial charge in [0.1, 0.15) is 11.3 Å². The summed E-state index contributed by atoms with van der Waals surface area (Å²) in [6.45, 7) is 0. The van der Waals surface area contributed by atoms with Gasteiger partial charge in [0.2, 0.25) is 0 Å². The number of carbonyl (C=O) groups is 1. The molecule has 0 spiro atoms. The number of benzene rings is 2. The highest BCUT2D eigenvalue weighted by Crippen LogP contribution is 2.30. The summed E-state index contributed by atoms with van der Waals surface area (Å²) in [6.07, 6.45) is -0.141. The van der Waals surface area contributed by atoms with Crippen molar-refractivity contribution in [3.05, 3.63) is 47.0 Å². The number of aromatic nitrogens is 1. The monoisotopic (exact) mass is 318 g/mol. The number of aliphatic carboxylic acids is 1. The highest BCUT2D eigenvalue weighted by Gasteiger charge is 2.10. The molecule has 0 aliphatic heterocycles. The van der Waals surface area contributed by atoms with E-state index in [0.29, 0.717) is 27.4 Å². The number of aromatic hydroxyl groups is 1. The molecule has 0 unspecified atom stereocenters. The van der Waals surface area contributed by atoms with Gasteiger partial charge in [-0.15, -0.1) is 0 Å². The number of hydrogen-bond donors (Lipinski definition) is 3. The molecule has 0 aliphatic rings. The van der Waals surface area contributed by atoms with Crippen LogP contribution in [0.3, 0.4) is 0 Å². The minimum Gasteiger partial charge on any atom is -0.506 e. The van der Waals surface area contributed by atoms with Crippen molar-refractivity contribution in [3.63, 3.8) is 0 Å². The number of nitrogens with one attached hydrogen (secondary N) is 1. The van der Waals surface area contributed by atoms with Gasteiger partial charge in [-0.2, -0.15) is 4.98 Å². The number of fused-ring (bicyclic) bond motifs is 1. The van der Waals surface area contributed by atoms with E-state index in [1.807, 2.05) is 0 Å². The van der Waals surface area contributed by atoms with Gasteiger partial charge in [0.25, 0.3) is 6.01 Å². The minimum atomic E-state index is -0.951. The molecule has 6 nitrogen and oxygen atoms in total. The Labute approximate surface area is 130 Å². The molecule has 1 heterocycles. The van der Waals surface area contributed by atoms with Crippen LogP contribution < -0.4 is 5.32 Å². The molecule has 0 fully saturated rings. The van der Waals surface area contributed by atoms with Crippen LogP contribution in [0.4, 0.5) is 11.7 Å². The summed E-state index contributed by atoms with van der Waals surface area (Å²) < 4.78 is 5.49. The van der Waals surface area contributed by atoms with Crippen molar-refractivity contribution >= 4 is 40.4 Å². The van der Waals surface area contributed by atoms with Gasteiger partial charge < -0.3 is 19.9 Å². The largest absolute Gasteiger partial charge is 0.506 e. The maximum absolute atomic E-state index is 10.7. The molecule has 0 amide bonds. The lowest BCUT2D eigenvalue weighted by atomic mass is 10.1. The molecule has 0 saturated carbocycles. The van der Waals surface area contributed by atoms with Crippen molar-refractivity contribution in [1.29, 1.82) is 0 Å². The Morgan fingerprint density at radius 2 is 2.09 bits per heavy atom. The standard InChI is InChI=1S/C15H11ClN2O4/c16-9-2-4-13-11(7-9)18-15(22-13)17-10-5-8(6-14(20)21)1-3-12(10)19/h1-5,7,19H,6H2,(H,17,18)(H,20,21).